The van der Waals surface area contributed by atoms with E-state index in [1.165, 1.54) is 72.5 Å². The summed E-state index contributed by atoms with van der Waals surface area (Å²) in [6.45, 7) is 0. The van der Waals surface area contributed by atoms with Crippen LogP contribution in [0.5, 0.6) is 0 Å². The molecule has 0 fully saturated rings. The van der Waals surface area contributed by atoms with Gasteiger partial charge in [-0.25, -0.2) is 4.99 Å². The first-order valence-electron chi connectivity index (χ1n) is 33.4. The summed E-state index contributed by atoms with van der Waals surface area (Å²) in [5.74, 6) is 0.454. The molecule has 4 heteroatoms. The molecule has 0 spiro atoms. The van der Waals surface area contributed by atoms with Gasteiger partial charge in [0.15, 0.2) is 0 Å². The summed E-state index contributed by atoms with van der Waals surface area (Å²) in [6, 6.07) is 150. The Balaban J connectivity index is 1.07. The predicted molar refractivity (Wildman–Crippen MR) is 414 cm³/mol. The van der Waals surface area contributed by atoms with E-state index < -0.39 is 20.1 Å². The topological polar surface area (TPSA) is 38.4 Å². The van der Waals surface area contributed by atoms with Gasteiger partial charge in [0.1, 0.15) is 5.84 Å². The lowest BCUT2D eigenvalue weighted by molar-refractivity contribution is 1.13. The molecule has 0 aromatic heterocycles. The third-order valence-corrected chi connectivity index (χ3v) is 26.2. The van der Waals surface area contributed by atoms with Crippen LogP contribution in [0.1, 0.15) is 16.7 Å². The molecule has 2 nitrogen and oxygen atoms in total. The molecule has 2 N–H and O–H groups in total. The van der Waals surface area contributed by atoms with Crippen molar-refractivity contribution in [2.45, 2.75) is 45.6 Å². The van der Waals surface area contributed by atoms with Crippen molar-refractivity contribution in [3.8, 4) is 66.8 Å². The Bertz CT molecular complexity index is 4490. The van der Waals surface area contributed by atoms with Gasteiger partial charge < -0.3 is 5.73 Å². The molecule has 15 rings (SSSR count). The molecule has 0 saturated carbocycles. The van der Waals surface area contributed by atoms with Crippen molar-refractivity contribution in [1.82, 2.24) is 0 Å². The maximum absolute atomic E-state index is 7.05. The second kappa shape index (κ2) is 28.7. The predicted octanol–water partition coefficient (Wildman–Crippen LogP) is 25.4. The lowest BCUT2D eigenvalue weighted by Crippen LogP contribution is -2.13. The Morgan fingerprint density at radius 1 is 0.224 bits per heavy atom. The average molecular weight is 1290 g/mol. The SMILES string of the molecule is N/C(=N\C(=C/Cc1cc(S(c2ccc(-c3ccccc3)cc2)(c2ccc(-c3ccccc3)cc2)c2ccc(-c3ccccc3)cc2)cc(S(c2ccc(-c3ccccc3)cc2)(c2ccc(-c3ccccc3)cc2)c2ccc(-c3ccccc3)cc2)c1)c1ccccc1)c1ccccc1. The van der Waals surface area contributed by atoms with Gasteiger partial charge in [0.05, 0.1) is 5.70 Å². The first kappa shape index (κ1) is 62.3. The lowest BCUT2D eigenvalue weighted by atomic mass is 10.1. The Morgan fingerprint density at radius 2 is 0.429 bits per heavy atom. The molecule has 0 heterocycles. The van der Waals surface area contributed by atoms with Gasteiger partial charge in [-0.3, -0.25) is 0 Å². The van der Waals surface area contributed by atoms with E-state index >= 15 is 0 Å². The van der Waals surface area contributed by atoms with Gasteiger partial charge in [-0.1, -0.05) is 322 Å². The highest BCUT2D eigenvalue weighted by molar-refractivity contribution is 8.34. The van der Waals surface area contributed by atoms with E-state index in [-0.39, 0.29) is 0 Å². The number of benzene rings is 15. The molecular weight excluding hydrogens is 1220 g/mol. The van der Waals surface area contributed by atoms with E-state index in [0.717, 1.165) is 55.8 Å². The Kier molecular flexibility index (Phi) is 18.2. The fraction of sp³-hybridized carbons (Fsp3) is 0.0106. The minimum atomic E-state index is -2.49. The quantitative estimate of drug-likeness (QED) is 0.0636. The highest BCUT2D eigenvalue weighted by Gasteiger charge is 2.39. The van der Waals surface area contributed by atoms with Crippen LogP contribution in [0, 0.1) is 0 Å². The van der Waals surface area contributed by atoms with Crippen LogP contribution in [0.25, 0.3) is 72.5 Å². The van der Waals surface area contributed by atoms with E-state index in [1.54, 1.807) is 0 Å². The van der Waals surface area contributed by atoms with Crippen molar-refractivity contribution in [3.05, 3.63) is 429 Å². The largest absolute Gasteiger partial charge is 0.383 e. The first-order chi connectivity index (χ1) is 48.5. The molecule has 0 amide bonds. The molecule has 0 unspecified atom stereocenters. The zero-order valence-electron chi connectivity index (χ0n) is 54.3. The molecule has 98 heavy (non-hydrogen) atoms. The average Bonchev–Trinajstić information content (AvgIpc) is 0.714. The molecule has 0 radical (unpaired) electrons. The van der Waals surface area contributed by atoms with E-state index in [1.807, 2.05) is 30.3 Å². The smallest absolute Gasteiger partial charge is 0.131 e. The molecule has 15 aromatic rings. The Labute approximate surface area is 579 Å². The summed E-state index contributed by atoms with van der Waals surface area (Å²) in [6.07, 6.45) is 2.82. The summed E-state index contributed by atoms with van der Waals surface area (Å²) in [7, 11) is -4.98. The molecule has 0 atom stereocenters. The van der Waals surface area contributed by atoms with Crippen LogP contribution in [0.15, 0.2) is 457 Å². The number of rotatable bonds is 19. The maximum Gasteiger partial charge on any atom is 0.131 e. The van der Waals surface area contributed by atoms with Crippen LogP contribution < -0.4 is 5.73 Å². The van der Waals surface area contributed by atoms with Crippen molar-refractivity contribution in [2.75, 3.05) is 0 Å². The summed E-state index contributed by atoms with van der Waals surface area (Å²) in [4.78, 5) is 15.0. The van der Waals surface area contributed by atoms with Crippen molar-refractivity contribution in [2.24, 2.45) is 10.7 Å². The van der Waals surface area contributed by atoms with Crippen LogP contribution in [0.4, 0.5) is 0 Å². The second-order valence-electron chi connectivity index (χ2n) is 24.4. The second-order valence-corrected chi connectivity index (χ2v) is 30.6. The van der Waals surface area contributed by atoms with Crippen LogP contribution in [0.3, 0.4) is 0 Å². The molecule has 0 aliphatic heterocycles. The molecule has 470 valence electrons. The highest BCUT2D eigenvalue weighted by atomic mass is 32.3. The zero-order chi connectivity index (χ0) is 65.9. The fourth-order valence-corrected chi connectivity index (χ4v) is 21.4. The van der Waals surface area contributed by atoms with E-state index in [9.17, 15) is 0 Å². The highest BCUT2D eigenvalue weighted by Crippen LogP contribution is 2.78. The Hall–Kier alpha value is -11.8. The zero-order valence-corrected chi connectivity index (χ0v) is 55.9. The lowest BCUT2D eigenvalue weighted by Gasteiger charge is -2.46. The summed E-state index contributed by atoms with van der Waals surface area (Å²) in [5.41, 5.74) is 24.8. The van der Waals surface area contributed by atoms with Gasteiger partial charge in [0.2, 0.25) is 0 Å². The molecule has 0 bridgehead atoms. The summed E-state index contributed by atoms with van der Waals surface area (Å²) < 4.78 is 0. The third kappa shape index (κ3) is 12.8. The number of amidine groups is 1. The molecule has 0 aliphatic carbocycles. The summed E-state index contributed by atoms with van der Waals surface area (Å²) >= 11 is 0. The van der Waals surface area contributed by atoms with Crippen LogP contribution in [-0.4, -0.2) is 5.84 Å². The summed E-state index contributed by atoms with van der Waals surface area (Å²) in [5, 5.41) is 0. The van der Waals surface area contributed by atoms with Crippen LogP contribution in [-0.2, 0) is 6.42 Å². The number of nitrogens with two attached hydrogens (primary N) is 1. The molecule has 15 aromatic carbocycles. The van der Waals surface area contributed by atoms with Gasteiger partial charge in [0.25, 0.3) is 0 Å². The van der Waals surface area contributed by atoms with E-state index in [4.69, 9.17) is 10.7 Å². The van der Waals surface area contributed by atoms with E-state index in [0.29, 0.717) is 12.3 Å². The minimum absolute atomic E-state index is 0.454. The first-order valence-corrected chi connectivity index (χ1v) is 36.6. The van der Waals surface area contributed by atoms with Crippen LogP contribution in [0.2, 0.25) is 0 Å². The fourth-order valence-electron chi connectivity index (χ4n) is 13.5. The standard InChI is InChI=1S/C94H72N2S2/c95-94(84-39-23-8-24-40-84)96-93(83-37-21-7-22-38-83)66-41-70-67-91(97(85-54-42-77(43-55-85)71-25-9-1-10-26-71,86-56-44-78(45-57-86)72-27-11-2-12-28-72)87-58-46-79(47-59-87)73-29-13-3-14-30-73)69-92(68-70)98(88-60-48-80(49-61-88)74-31-15-4-16-32-74,89-62-50-81(51-63-89)75-33-17-5-18-34-75)90-64-52-82(53-65-90)76-35-19-6-20-36-76/h1-40,42-69H,41H2,(H2,95,96)/b93-66-. The van der Waals surface area contributed by atoms with Crippen LogP contribution >= 0.6 is 20.1 Å². The third-order valence-electron chi connectivity index (χ3n) is 18.4. The van der Waals surface area contributed by atoms with Crippen molar-refractivity contribution in [1.29, 1.82) is 0 Å². The number of hydrogen-bond donors (Lipinski definition) is 1. The van der Waals surface area contributed by atoms with Crippen molar-refractivity contribution >= 4 is 31.6 Å². The van der Waals surface area contributed by atoms with Crippen molar-refractivity contribution in [3.63, 3.8) is 0 Å². The minimum Gasteiger partial charge on any atom is -0.383 e. The number of allylic oxidation sites excluding steroid dienone is 1. The van der Waals surface area contributed by atoms with Gasteiger partial charge in [0, 0.05) is 44.7 Å². The van der Waals surface area contributed by atoms with Gasteiger partial charge >= 0.3 is 0 Å². The molecule has 0 saturated heterocycles. The molecular formula is C94H72N2S2. The number of nitrogens with zero attached hydrogens (tertiary/aromatic N) is 1. The van der Waals surface area contributed by atoms with E-state index in [2.05, 4.69) is 382 Å². The monoisotopic (exact) mass is 1290 g/mol. The normalized spacial score (nSPS) is 12.2. The van der Waals surface area contributed by atoms with Crippen molar-refractivity contribution < 1.29 is 0 Å². The number of hydrogen-bond acceptors (Lipinski definition) is 1. The maximum atomic E-state index is 7.05. The van der Waals surface area contributed by atoms with Gasteiger partial charge in [-0.2, -0.15) is 0 Å². The Morgan fingerprint density at radius 3 is 0.663 bits per heavy atom. The van der Waals surface area contributed by atoms with Gasteiger partial charge in [-0.05, 0) is 175 Å². The van der Waals surface area contributed by atoms with Gasteiger partial charge in [-0.15, -0.1) is 20.1 Å². The molecule has 0 aliphatic rings. The number of aliphatic imine (C=N–C) groups is 1.